The van der Waals surface area contributed by atoms with Crippen molar-refractivity contribution in [2.45, 2.75) is 11.3 Å². The lowest BCUT2D eigenvalue weighted by Crippen LogP contribution is -2.33. The summed E-state index contributed by atoms with van der Waals surface area (Å²) >= 11 is 1.19. The van der Waals surface area contributed by atoms with E-state index >= 15 is 0 Å². The van der Waals surface area contributed by atoms with Gasteiger partial charge in [0.05, 0.1) is 19.8 Å². The SMILES string of the molecule is COCCCN1C(=O)C(Nc2ccccc2)=C(Sc2ccc(NC(=O)c3ccc(OC)cc3OC)cc2)C1=O. The smallest absolute Gasteiger partial charge is 0.278 e. The maximum Gasteiger partial charge on any atom is 0.278 e. The van der Waals surface area contributed by atoms with Crippen LogP contribution in [0.3, 0.4) is 0 Å². The van der Waals surface area contributed by atoms with E-state index in [0.717, 1.165) is 4.90 Å². The number of hydrogen-bond donors (Lipinski definition) is 2. The van der Waals surface area contributed by atoms with Gasteiger partial charge in [-0.3, -0.25) is 19.3 Å². The predicted molar refractivity (Wildman–Crippen MR) is 150 cm³/mol. The van der Waals surface area contributed by atoms with Crippen LogP contribution in [-0.2, 0) is 14.3 Å². The van der Waals surface area contributed by atoms with Gasteiger partial charge in [0.1, 0.15) is 22.1 Å². The molecule has 3 aromatic carbocycles. The summed E-state index contributed by atoms with van der Waals surface area (Å²) in [5, 5.41) is 5.97. The Labute approximate surface area is 231 Å². The van der Waals surface area contributed by atoms with E-state index in [2.05, 4.69) is 10.6 Å². The lowest BCUT2D eigenvalue weighted by atomic mass is 10.1. The van der Waals surface area contributed by atoms with Crippen molar-refractivity contribution in [3.05, 3.63) is 89.0 Å². The molecule has 0 aliphatic carbocycles. The van der Waals surface area contributed by atoms with E-state index in [0.29, 0.717) is 46.4 Å². The number of nitrogens with zero attached hydrogens (tertiary/aromatic N) is 1. The first-order valence-corrected chi connectivity index (χ1v) is 13.0. The molecule has 9 nitrogen and oxygen atoms in total. The maximum absolute atomic E-state index is 13.3. The van der Waals surface area contributed by atoms with Gasteiger partial charge in [0, 0.05) is 42.6 Å². The van der Waals surface area contributed by atoms with Gasteiger partial charge in [0.25, 0.3) is 17.7 Å². The highest BCUT2D eigenvalue weighted by molar-refractivity contribution is 8.04. The zero-order chi connectivity index (χ0) is 27.8. The first-order chi connectivity index (χ1) is 18.9. The Morgan fingerprint density at radius 2 is 1.62 bits per heavy atom. The van der Waals surface area contributed by atoms with E-state index in [9.17, 15) is 14.4 Å². The van der Waals surface area contributed by atoms with Crippen molar-refractivity contribution in [1.29, 1.82) is 0 Å². The fraction of sp³-hybridized carbons (Fsp3) is 0.207. The molecule has 3 aromatic rings. The zero-order valence-corrected chi connectivity index (χ0v) is 22.7. The first kappa shape index (κ1) is 27.7. The highest BCUT2D eigenvalue weighted by Crippen LogP contribution is 2.36. The number of thioether (sulfide) groups is 1. The second kappa shape index (κ2) is 13.0. The summed E-state index contributed by atoms with van der Waals surface area (Å²) in [6.45, 7) is 0.700. The third-order valence-corrected chi connectivity index (χ3v) is 6.97. The lowest BCUT2D eigenvalue weighted by Gasteiger charge is -2.14. The third-order valence-electron chi connectivity index (χ3n) is 5.88. The Kier molecular flexibility index (Phi) is 9.24. The maximum atomic E-state index is 13.3. The molecule has 0 unspecified atom stereocenters. The van der Waals surface area contributed by atoms with Gasteiger partial charge in [0.2, 0.25) is 0 Å². The summed E-state index contributed by atoms with van der Waals surface area (Å²) in [5.74, 6) is -0.0974. The first-order valence-electron chi connectivity index (χ1n) is 12.2. The van der Waals surface area contributed by atoms with Crippen LogP contribution in [0.15, 0.2) is 88.3 Å². The number of carbonyl (C=O) groups excluding carboxylic acids is 3. The minimum Gasteiger partial charge on any atom is -0.497 e. The molecule has 1 aliphatic rings. The van der Waals surface area contributed by atoms with Crippen LogP contribution in [-0.4, -0.2) is 57.1 Å². The van der Waals surface area contributed by atoms with Crippen molar-refractivity contribution in [2.75, 3.05) is 45.1 Å². The number of anilines is 2. The van der Waals surface area contributed by atoms with E-state index < -0.39 is 0 Å². The summed E-state index contributed by atoms with van der Waals surface area (Å²) < 4.78 is 15.6. The third kappa shape index (κ3) is 6.60. The van der Waals surface area contributed by atoms with Crippen molar-refractivity contribution >= 4 is 40.9 Å². The molecular weight excluding hydrogens is 518 g/mol. The Morgan fingerprint density at radius 1 is 0.872 bits per heavy atom. The van der Waals surface area contributed by atoms with E-state index in [1.165, 1.54) is 23.8 Å². The zero-order valence-electron chi connectivity index (χ0n) is 21.9. The number of benzene rings is 3. The quantitative estimate of drug-likeness (QED) is 0.247. The molecule has 2 N–H and O–H groups in total. The van der Waals surface area contributed by atoms with Gasteiger partial charge in [-0.15, -0.1) is 0 Å². The molecule has 0 radical (unpaired) electrons. The second-order valence-electron chi connectivity index (χ2n) is 8.45. The van der Waals surface area contributed by atoms with Crippen LogP contribution in [0.4, 0.5) is 11.4 Å². The van der Waals surface area contributed by atoms with Crippen LogP contribution in [0.1, 0.15) is 16.8 Å². The van der Waals surface area contributed by atoms with Crippen LogP contribution in [0.25, 0.3) is 0 Å². The van der Waals surface area contributed by atoms with Gasteiger partial charge >= 0.3 is 0 Å². The van der Waals surface area contributed by atoms with Crippen molar-refractivity contribution in [1.82, 2.24) is 4.90 Å². The van der Waals surface area contributed by atoms with Crippen LogP contribution < -0.4 is 20.1 Å². The van der Waals surface area contributed by atoms with Crippen molar-refractivity contribution in [2.24, 2.45) is 0 Å². The summed E-state index contributed by atoms with van der Waals surface area (Å²) in [6.07, 6.45) is 0.540. The minimum absolute atomic E-state index is 0.234. The fourth-order valence-electron chi connectivity index (χ4n) is 3.90. The van der Waals surface area contributed by atoms with Crippen LogP contribution in [0.2, 0.25) is 0 Å². The number of hydrogen-bond acceptors (Lipinski definition) is 8. The molecule has 39 heavy (non-hydrogen) atoms. The topological polar surface area (TPSA) is 106 Å². The Bertz CT molecular complexity index is 1380. The van der Waals surface area contributed by atoms with Gasteiger partial charge < -0.3 is 24.8 Å². The number of para-hydroxylation sites is 1. The van der Waals surface area contributed by atoms with Crippen LogP contribution in [0, 0.1) is 0 Å². The molecule has 1 aliphatic heterocycles. The van der Waals surface area contributed by atoms with Gasteiger partial charge in [-0.1, -0.05) is 30.0 Å². The minimum atomic E-state index is -0.375. The number of methoxy groups -OCH3 is 3. The fourth-order valence-corrected chi connectivity index (χ4v) is 4.85. The van der Waals surface area contributed by atoms with E-state index in [4.69, 9.17) is 14.2 Å². The van der Waals surface area contributed by atoms with Gasteiger partial charge in [0.15, 0.2) is 0 Å². The molecular formula is C29H29N3O6S. The average molecular weight is 548 g/mol. The standard InChI is InChI=1S/C29H29N3O6S/c1-36-17-7-16-32-28(34)25(30-19-8-5-4-6-9-19)26(29(32)35)39-22-13-10-20(11-14-22)31-27(33)23-15-12-21(37-2)18-24(23)38-3/h4-6,8-15,18,30H,7,16-17H2,1-3H3,(H,31,33). The monoisotopic (exact) mass is 547 g/mol. The average Bonchev–Trinajstić information content (AvgIpc) is 3.17. The molecule has 0 saturated carbocycles. The summed E-state index contributed by atoms with van der Waals surface area (Å²) in [6, 6.07) is 21.2. The van der Waals surface area contributed by atoms with Crippen molar-refractivity contribution < 1.29 is 28.6 Å². The summed E-state index contributed by atoms with van der Waals surface area (Å²) in [7, 11) is 4.61. The van der Waals surface area contributed by atoms with Gasteiger partial charge in [-0.2, -0.15) is 0 Å². The molecule has 1 heterocycles. The predicted octanol–water partition coefficient (Wildman–Crippen LogP) is 4.78. The van der Waals surface area contributed by atoms with Gasteiger partial charge in [-0.05, 0) is 55.0 Å². The highest BCUT2D eigenvalue weighted by Gasteiger charge is 2.38. The molecule has 0 spiro atoms. The summed E-state index contributed by atoms with van der Waals surface area (Å²) in [4.78, 5) is 41.6. The lowest BCUT2D eigenvalue weighted by molar-refractivity contribution is -0.137. The number of amides is 3. The molecule has 0 bridgehead atoms. The van der Waals surface area contributed by atoms with Crippen LogP contribution in [0.5, 0.6) is 11.5 Å². The number of imide groups is 1. The Hall–Kier alpha value is -4.28. The highest BCUT2D eigenvalue weighted by atomic mass is 32.2. The number of rotatable bonds is 12. The molecule has 0 fully saturated rings. The molecule has 0 saturated heterocycles. The van der Waals surface area contributed by atoms with E-state index in [-0.39, 0.29) is 30.0 Å². The molecule has 10 heteroatoms. The van der Waals surface area contributed by atoms with E-state index in [1.807, 2.05) is 30.3 Å². The number of nitrogens with one attached hydrogen (secondary N) is 2. The molecule has 0 atom stereocenters. The molecule has 0 aromatic heterocycles. The van der Waals surface area contributed by atoms with Crippen LogP contribution >= 0.6 is 11.8 Å². The van der Waals surface area contributed by atoms with Crippen molar-refractivity contribution in [3.8, 4) is 11.5 Å². The number of ether oxygens (including phenoxy) is 3. The normalized spacial score (nSPS) is 13.1. The molecule has 4 rings (SSSR count). The Balaban J connectivity index is 1.52. The van der Waals surface area contributed by atoms with Gasteiger partial charge in [-0.25, -0.2) is 0 Å². The summed E-state index contributed by atoms with van der Waals surface area (Å²) in [5.41, 5.74) is 1.87. The largest absolute Gasteiger partial charge is 0.497 e. The van der Waals surface area contributed by atoms with Crippen molar-refractivity contribution in [3.63, 3.8) is 0 Å². The Morgan fingerprint density at radius 3 is 2.28 bits per heavy atom. The number of carbonyl (C=O) groups is 3. The molecule has 202 valence electrons. The molecule has 3 amide bonds. The second-order valence-corrected chi connectivity index (χ2v) is 9.53. The van der Waals surface area contributed by atoms with E-state index in [1.54, 1.807) is 56.7 Å².